The number of hydrogen-bond acceptors (Lipinski definition) is 3. The van der Waals surface area contributed by atoms with E-state index in [0.29, 0.717) is 0 Å². The summed E-state index contributed by atoms with van der Waals surface area (Å²) in [6.07, 6.45) is 3.43. The number of non-ortho nitro benzene ring substituents is 1. The van der Waals surface area contributed by atoms with Crippen LogP contribution in [0.5, 0.6) is 5.75 Å². The van der Waals surface area contributed by atoms with E-state index in [0.717, 1.165) is 29.9 Å². The Morgan fingerprint density at radius 1 is 0.952 bits per heavy atom. The zero-order chi connectivity index (χ0) is 15.1. The molecule has 0 saturated heterocycles. The first-order chi connectivity index (χ1) is 10.2. The summed E-state index contributed by atoms with van der Waals surface area (Å²) in [5.74, 6) is 0.858. The summed E-state index contributed by atoms with van der Waals surface area (Å²) < 4.78 is 5.66. The van der Waals surface area contributed by atoms with Crippen LogP contribution in [0.1, 0.15) is 26.2 Å². The van der Waals surface area contributed by atoms with Crippen molar-refractivity contribution in [3.63, 3.8) is 0 Å². The van der Waals surface area contributed by atoms with Crippen molar-refractivity contribution in [3.05, 3.63) is 58.6 Å². The van der Waals surface area contributed by atoms with Crippen LogP contribution < -0.4 is 4.74 Å². The second-order valence-electron chi connectivity index (χ2n) is 4.88. The Hall–Kier alpha value is -2.36. The highest BCUT2D eigenvalue weighted by atomic mass is 16.6. The molecule has 0 aliphatic rings. The highest BCUT2D eigenvalue weighted by molar-refractivity contribution is 5.65. The van der Waals surface area contributed by atoms with E-state index in [9.17, 15) is 10.1 Å². The van der Waals surface area contributed by atoms with Gasteiger partial charge in [-0.1, -0.05) is 31.9 Å². The summed E-state index contributed by atoms with van der Waals surface area (Å²) in [5, 5.41) is 10.6. The van der Waals surface area contributed by atoms with Gasteiger partial charge in [-0.05, 0) is 41.8 Å². The molecule has 2 rings (SSSR count). The van der Waals surface area contributed by atoms with Crippen LogP contribution in [0.25, 0.3) is 11.1 Å². The lowest BCUT2D eigenvalue weighted by Gasteiger charge is -2.07. The van der Waals surface area contributed by atoms with Crippen LogP contribution in [-0.2, 0) is 0 Å². The predicted octanol–water partition coefficient (Wildman–Crippen LogP) is 4.83. The molecule has 2 aromatic carbocycles. The van der Waals surface area contributed by atoms with E-state index in [4.69, 9.17) is 4.74 Å². The third-order valence-corrected chi connectivity index (χ3v) is 3.28. The Morgan fingerprint density at radius 2 is 1.52 bits per heavy atom. The number of unbranched alkanes of at least 4 members (excludes halogenated alkanes) is 2. The van der Waals surface area contributed by atoms with Gasteiger partial charge in [-0.25, -0.2) is 0 Å². The average Bonchev–Trinajstić information content (AvgIpc) is 2.52. The predicted molar refractivity (Wildman–Crippen MR) is 83.6 cm³/mol. The fraction of sp³-hybridized carbons (Fsp3) is 0.294. The molecule has 0 aliphatic carbocycles. The minimum absolute atomic E-state index is 0.106. The van der Waals surface area contributed by atoms with Crippen LogP contribution in [0.15, 0.2) is 48.5 Å². The average molecular weight is 285 g/mol. The zero-order valence-corrected chi connectivity index (χ0v) is 12.1. The fourth-order valence-corrected chi connectivity index (χ4v) is 2.06. The van der Waals surface area contributed by atoms with Crippen LogP contribution >= 0.6 is 0 Å². The first-order valence-corrected chi connectivity index (χ1v) is 7.18. The maximum absolute atomic E-state index is 10.6. The highest BCUT2D eigenvalue weighted by Crippen LogP contribution is 2.24. The van der Waals surface area contributed by atoms with Crippen molar-refractivity contribution in [2.75, 3.05) is 6.61 Å². The fourth-order valence-electron chi connectivity index (χ4n) is 2.06. The SMILES string of the molecule is CCCCCOc1ccc(-c2ccc([N+](=O)[O-])cc2)cc1. The van der Waals surface area contributed by atoms with Gasteiger partial charge in [-0.15, -0.1) is 0 Å². The Kier molecular flexibility index (Phi) is 5.32. The van der Waals surface area contributed by atoms with Crippen LogP contribution in [-0.4, -0.2) is 11.5 Å². The molecule has 0 aromatic heterocycles. The molecular weight excluding hydrogens is 266 g/mol. The van der Waals surface area contributed by atoms with Crippen molar-refractivity contribution >= 4 is 5.69 Å². The van der Waals surface area contributed by atoms with Crippen molar-refractivity contribution in [1.29, 1.82) is 0 Å². The second-order valence-corrected chi connectivity index (χ2v) is 4.88. The van der Waals surface area contributed by atoms with Gasteiger partial charge in [0, 0.05) is 12.1 Å². The quantitative estimate of drug-likeness (QED) is 0.416. The molecule has 4 nitrogen and oxygen atoms in total. The van der Waals surface area contributed by atoms with Gasteiger partial charge in [0.15, 0.2) is 0 Å². The Morgan fingerprint density at radius 3 is 2.05 bits per heavy atom. The molecule has 0 atom stereocenters. The molecule has 0 heterocycles. The minimum atomic E-state index is -0.392. The zero-order valence-electron chi connectivity index (χ0n) is 12.1. The van der Waals surface area contributed by atoms with E-state index in [-0.39, 0.29) is 5.69 Å². The van der Waals surface area contributed by atoms with Crippen molar-refractivity contribution in [1.82, 2.24) is 0 Å². The molecule has 21 heavy (non-hydrogen) atoms. The van der Waals surface area contributed by atoms with Gasteiger partial charge in [0.1, 0.15) is 5.75 Å². The molecule has 110 valence electrons. The summed E-state index contributed by atoms with van der Waals surface area (Å²) in [6.45, 7) is 2.91. The molecule has 0 radical (unpaired) electrons. The molecular formula is C17H19NO3. The standard InChI is InChI=1S/C17H19NO3/c1-2-3-4-13-21-17-11-7-15(8-12-17)14-5-9-16(10-6-14)18(19)20/h5-12H,2-4,13H2,1H3. The van der Waals surface area contributed by atoms with Gasteiger partial charge in [-0.2, -0.15) is 0 Å². The van der Waals surface area contributed by atoms with Gasteiger partial charge in [0.25, 0.3) is 5.69 Å². The summed E-state index contributed by atoms with van der Waals surface area (Å²) >= 11 is 0. The molecule has 2 aromatic rings. The first kappa shape index (κ1) is 15.0. The summed E-state index contributed by atoms with van der Waals surface area (Å²) in [4.78, 5) is 10.2. The van der Waals surface area contributed by atoms with Gasteiger partial charge in [0.05, 0.1) is 11.5 Å². The van der Waals surface area contributed by atoms with Crippen LogP contribution in [0.4, 0.5) is 5.69 Å². The van der Waals surface area contributed by atoms with Gasteiger partial charge in [-0.3, -0.25) is 10.1 Å². The first-order valence-electron chi connectivity index (χ1n) is 7.18. The van der Waals surface area contributed by atoms with E-state index in [2.05, 4.69) is 6.92 Å². The van der Waals surface area contributed by atoms with E-state index >= 15 is 0 Å². The van der Waals surface area contributed by atoms with Crippen molar-refractivity contribution < 1.29 is 9.66 Å². The largest absolute Gasteiger partial charge is 0.494 e. The Bertz CT molecular complexity index is 576. The van der Waals surface area contributed by atoms with Crippen LogP contribution in [0.2, 0.25) is 0 Å². The molecule has 0 N–H and O–H groups in total. The number of benzene rings is 2. The molecule has 0 amide bonds. The number of nitrogens with zero attached hydrogens (tertiary/aromatic N) is 1. The number of ether oxygens (including phenoxy) is 1. The molecule has 0 aliphatic heterocycles. The van der Waals surface area contributed by atoms with E-state index < -0.39 is 4.92 Å². The maximum Gasteiger partial charge on any atom is 0.269 e. The summed E-state index contributed by atoms with van der Waals surface area (Å²) in [5.41, 5.74) is 2.08. The molecule has 0 fully saturated rings. The monoisotopic (exact) mass is 285 g/mol. The molecule has 4 heteroatoms. The van der Waals surface area contributed by atoms with E-state index in [1.54, 1.807) is 12.1 Å². The van der Waals surface area contributed by atoms with E-state index in [1.165, 1.54) is 25.0 Å². The smallest absolute Gasteiger partial charge is 0.269 e. The number of nitro benzene ring substituents is 1. The molecule has 0 unspecified atom stereocenters. The third kappa shape index (κ3) is 4.31. The van der Waals surface area contributed by atoms with Crippen molar-refractivity contribution in [2.24, 2.45) is 0 Å². The topological polar surface area (TPSA) is 52.4 Å². The third-order valence-electron chi connectivity index (χ3n) is 3.28. The Labute approximate surface area is 124 Å². The van der Waals surface area contributed by atoms with Gasteiger partial charge in [0.2, 0.25) is 0 Å². The number of hydrogen-bond donors (Lipinski definition) is 0. The van der Waals surface area contributed by atoms with Crippen LogP contribution in [0.3, 0.4) is 0 Å². The van der Waals surface area contributed by atoms with Crippen molar-refractivity contribution in [2.45, 2.75) is 26.2 Å². The number of nitro groups is 1. The highest BCUT2D eigenvalue weighted by Gasteiger charge is 2.05. The lowest BCUT2D eigenvalue weighted by atomic mass is 10.1. The van der Waals surface area contributed by atoms with E-state index in [1.807, 2.05) is 24.3 Å². The molecule has 0 bridgehead atoms. The summed E-state index contributed by atoms with van der Waals surface area (Å²) in [6, 6.07) is 14.4. The van der Waals surface area contributed by atoms with Crippen molar-refractivity contribution in [3.8, 4) is 16.9 Å². The lowest BCUT2D eigenvalue weighted by molar-refractivity contribution is -0.384. The summed E-state index contributed by atoms with van der Waals surface area (Å²) in [7, 11) is 0. The normalized spacial score (nSPS) is 10.3. The maximum atomic E-state index is 10.6. The number of rotatable bonds is 7. The molecule has 0 saturated carbocycles. The lowest BCUT2D eigenvalue weighted by Crippen LogP contribution is -1.96. The molecule has 0 spiro atoms. The Balaban J connectivity index is 1.99. The minimum Gasteiger partial charge on any atom is -0.494 e. The second kappa shape index (κ2) is 7.43. The van der Waals surface area contributed by atoms with Gasteiger partial charge >= 0.3 is 0 Å². The van der Waals surface area contributed by atoms with Crippen LogP contribution in [0, 0.1) is 10.1 Å². The van der Waals surface area contributed by atoms with Gasteiger partial charge < -0.3 is 4.74 Å².